The summed E-state index contributed by atoms with van der Waals surface area (Å²) >= 11 is 0. The van der Waals surface area contributed by atoms with Gasteiger partial charge in [0.1, 0.15) is 11.5 Å². The number of oxazole rings is 1. The Morgan fingerprint density at radius 3 is 2.80 bits per heavy atom. The Kier molecular flexibility index (Phi) is 5.08. The number of ether oxygens (including phenoxy) is 1. The third kappa shape index (κ3) is 3.85. The first-order valence-corrected chi connectivity index (χ1v) is 8.77. The fraction of sp³-hybridized carbons (Fsp3) is 0.474. The van der Waals surface area contributed by atoms with E-state index < -0.39 is 6.10 Å². The molecule has 3 rings (SSSR count). The number of hydrogen-bond donors (Lipinski definition) is 2. The van der Waals surface area contributed by atoms with Crippen molar-refractivity contribution in [3.63, 3.8) is 0 Å². The number of fused-ring (bicyclic) bond motifs is 1. The van der Waals surface area contributed by atoms with E-state index in [0.29, 0.717) is 24.8 Å². The quantitative estimate of drug-likeness (QED) is 0.835. The number of rotatable bonds is 6. The third-order valence-electron chi connectivity index (χ3n) is 4.40. The minimum Gasteiger partial charge on any atom is -0.478 e. The lowest BCUT2D eigenvalue weighted by atomic mass is 10.1. The predicted molar refractivity (Wildman–Crippen MR) is 95.6 cm³/mol. The van der Waals surface area contributed by atoms with Crippen molar-refractivity contribution in [3.8, 4) is 5.75 Å². The highest BCUT2D eigenvalue weighted by molar-refractivity contribution is 5.97. The molecule has 0 spiro atoms. The number of nitrogens with one attached hydrogen (secondary N) is 2. The van der Waals surface area contributed by atoms with Gasteiger partial charge in [-0.3, -0.25) is 4.79 Å². The number of anilines is 1. The highest BCUT2D eigenvalue weighted by Gasteiger charge is 2.26. The number of aromatic nitrogens is 1. The van der Waals surface area contributed by atoms with Crippen LogP contribution in [0.2, 0.25) is 0 Å². The molecule has 1 aromatic heterocycles. The van der Waals surface area contributed by atoms with Gasteiger partial charge in [-0.1, -0.05) is 26.8 Å². The summed E-state index contributed by atoms with van der Waals surface area (Å²) < 4.78 is 11.5. The monoisotopic (exact) mass is 343 g/mol. The van der Waals surface area contributed by atoms with E-state index in [4.69, 9.17) is 9.15 Å². The van der Waals surface area contributed by atoms with Gasteiger partial charge in [0, 0.05) is 12.0 Å². The van der Waals surface area contributed by atoms with Gasteiger partial charge in [0.25, 0.3) is 5.91 Å². The maximum Gasteiger partial charge on any atom is 0.265 e. The van der Waals surface area contributed by atoms with Crippen LogP contribution in [0.25, 0.3) is 0 Å². The topological polar surface area (TPSA) is 76.4 Å². The zero-order valence-electron chi connectivity index (χ0n) is 15.1. The number of hydrogen-bond acceptors (Lipinski definition) is 5. The summed E-state index contributed by atoms with van der Waals surface area (Å²) in [5.74, 6) is 2.55. The van der Waals surface area contributed by atoms with E-state index in [-0.39, 0.29) is 11.9 Å². The smallest absolute Gasteiger partial charge is 0.265 e. The van der Waals surface area contributed by atoms with Crippen molar-refractivity contribution in [2.45, 2.75) is 58.7 Å². The van der Waals surface area contributed by atoms with Crippen LogP contribution in [0.15, 0.2) is 28.8 Å². The molecule has 0 saturated heterocycles. The molecule has 1 amide bonds. The molecule has 0 unspecified atom stereocenters. The van der Waals surface area contributed by atoms with E-state index in [1.54, 1.807) is 6.20 Å². The van der Waals surface area contributed by atoms with Crippen molar-refractivity contribution in [2.75, 3.05) is 5.32 Å². The van der Waals surface area contributed by atoms with Crippen LogP contribution in [-0.4, -0.2) is 17.0 Å². The van der Waals surface area contributed by atoms with E-state index in [9.17, 15) is 4.79 Å². The van der Waals surface area contributed by atoms with Gasteiger partial charge in [0.05, 0.1) is 18.4 Å². The molecule has 6 nitrogen and oxygen atoms in total. The number of carbonyl (C=O) groups is 1. The number of benzene rings is 1. The van der Waals surface area contributed by atoms with Gasteiger partial charge in [-0.2, -0.15) is 0 Å². The van der Waals surface area contributed by atoms with Gasteiger partial charge in [-0.05, 0) is 31.0 Å². The average molecular weight is 343 g/mol. The molecule has 25 heavy (non-hydrogen) atoms. The largest absolute Gasteiger partial charge is 0.478 e. The van der Waals surface area contributed by atoms with Crippen molar-refractivity contribution in [1.82, 2.24) is 10.3 Å². The molecule has 1 aliphatic heterocycles. The van der Waals surface area contributed by atoms with Crippen LogP contribution in [0.4, 0.5) is 5.69 Å². The van der Waals surface area contributed by atoms with E-state index in [2.05, 4.69) is 36.4 Å². The molecular weight excluding hydrogens is 318 g/mol. The van der Waals surface area contributed by atoms with Gasteiger partial charge >= 0.3 is 0 Å². The Hall–Kier alpha value is -2.34. The Balaban J connectivity index is 1.66. The molecule has 1 aromatic carbocycles. The second-order valence-electron chi connectivity index (χ2n) is 6.67. The van der Waals surface area contributed by atoms with Crippen molar-refractivity contribution in [3.05, 3.63) is 41.6 Å². The molecule has 0 fully saturated rings. The molecule has 0 bridgehead atoms. The maximum absolute atomic E-state index is 11.9. The summed E-state index contributed by atoms with van der Waals surface area (Å²) in [5.41, 5.74) is 1.81. The molecule has 1 aliphatic rings. The fourth-order valence-corrected chi connectivity index (χ4v) is 2.73. The molecule has 0 radical (unpaired) electrons. The highest BCUT2D eigenvalue weighted by atomic mass is 16.5. The Morgan fingerprint density at radius 1 is 1.32 bits per heavy atom. The third-order valence-corrected chi connectivity index (χ3v) is 4.40. The van der Waals surface area contributed by atoms with E-state index in [1.165, 1.54) is 0 Å². The number of carbonyl (C=O) groups excluding carboxylic acids is 1. The van der Waals surface area contributed by atoms with E-state index in [1.807, 2.05) is 25.1 Å². The zero-order chi connectivity index (χ0) is 18.0. The first kappa shape index (κ1) is 17.5. The standard InChI is InChI=1S/C19H25N3O3/c1-5-15-19(23)22-14-7-6-13(8-16(14)24-15)12(4)20-10-18-21-9-17(25-18)11(2)3/h6-9,11-12,15,20H,5,10H2,1-4H3,(H,22,23)/t12-,15-/m0/s1. The number of amides is 1. The molecule has 2 N–H and O–H groups in total. The van der Waals surface area contributed by atoms with Gasteiger partial charge in [-0.25, -0.2) is 4.98 Å². The minimum atomic E-state index is -0.423. The van der Waals surface area contributed by atoms with Crippen LogP contribution in [0.3, 0.4) is 0 Å². The first-order valence-electron chi connectivity index (χ1n) is 8.77. The van der Waals surface area contributed by atoms with Crippen molar-refractivity contribution < 1.29 is 13.9 Å². The normalized spacial score (nSPS) is 17.8. The summed E-state index contributed by atoms with van der Waals surface area (Å²) in [6, 6.07) is 5.95. The van der Waals surface area contributed by atoms with Gasteiger partial charge in [0.2, 0.25) is 5.89 Å². The van der Waals surface area contributed by atoms with Gasteiger partial charge < -0.3 is 19.8 Å². The van der Waals surface area contributed by atoms with Crippen LogP contribution >= 0.6 is 0 Å². The Bertz CT molecular complexity index is 754. The lowest BCUT2D eigenvalue weighted by Crippen LogP contribution is -2.36. The van der Waals surface area contributed by atoms with Crippen LogP contribution in [0.5, 0.6) is 5.75 Å². The molecule has 2 atom stereocenters. The van der Waals surface area contributed by atoms with Crippen molar-refractivity contribution >= 4 is 11.6 Å². The lowest BCUT2D eigenvalue weighted by molar-refractivity contribution is -0.123. The van der Waals surface area contributed by atoms with Crippen LogP contribution < -0.4 is 15.4 Å². The highest BCUT2D eigenvalue weighted by Crippen LogP contribution is 2.33. The molecule has 2 aromatic rings. The SMILES string of the molecule is CC[C@@H]1Oc2cc([C@H](C)NCc3ncc(C(C)C)o3)ccc2NC1=O. The minimum absolute atomic E-state index is 0.0845. The second kappa shape index (κ2) is 7.27. The summed E-state index contributed by atoms with van der Waals surface area (Å²) in [5, 5.41) is 6.30. The molecule has 2 heterocycles. The fourth-order valence-electron chi connectivity index (χ4n) is 2.73. The lowest BCUT2D eigenvalue weighted by Gasteiger charge is -2.26. The molecule has 0 saturated carbocycles. The summed E-state index contributed by atoms with van der Waals surface area (Å²) in [4.78, 5) is 16.2. The van der Waals surface area contributed by atoms with E-state index >= 15 is 0 Å². The van der Waals surface area contributed by atoms with Crippen LogP contribution in [0.1, 0.15) is 63.3 Å². The molecule has 0 aliphatic carbocycles. The number of nitrogens with zero attached hydrogens (tertiary/aromatic N) is 1. The van der Waals surface area contributed by atoms with Crippen LogP contribution in [-0.2, 0) is 11.3 Å². The predicted octanol–water partition coefficient (Wildman–Crippen LogP) is 3.76. The van der Waals surface area contributed by atoms with Crippen molar-refractivity contribution in [2.24, 2.45) is 0 Å². The Morgan fingerprint density at radius 2 is 2.12 bits per heavy atom. The van der Waals surface area contributed by atoms with Gasteiger partial charge in [0.15, 0.2) is 6.10 Å². The molecular formula is C19H25N3O3. The summed E-state index contributed by atoms with van der Waals surface area (Å²) in [6.07, 6.45) is 2.01. The molecule has 134 valence electrons. The van der Waals surface area contributed by atoms with Crippen LogP contribution in [0, 0.1) is 0 Å². The summed E-state index contributed by atoms with van der Waals surface area (Å²) in [7, 11) is 0. The zero-order valence-corrected chi connectivity index (χ0v) is 15.1. The summed E-state index contributed by atoms with van der Waals surface area (Å²) in [6.45, 7) is 8.73. The van der Waals surface area contributed by atoms with E-state index in [0.717, 1.165) is 22.8 Å². The van der Waals surface area contributed by atoms with Gasteiger partial charge in [-0.15, -0.1) is 0 Å². The average Bonchev–Trinajstić information content (AvgIpc) is 3.08. The van der Waals surface area contributed by atoms with Crippen molar-refractivity contribution in [1.29, 1.82) is 0 Å². The Labute approximate surface area is 148 Å². The molecule has 6 heteroatoms. The second-order valence-corrected chi connectivity index (χ2v) is 6.67. The first-order chi connectivity index (χ1) is 12.0. The maximum atomic E-state index is 11.9.